The van der Waals surface area contributed by atoms with Gasteiger partial charge in [0, 0.05) is 36.0 Å². The van der Waals surface area contributed by atoms with Crippen molar-refractivity contribution >= 4 is 11.8 Å². The molecule has 5 heteroatoms. The van der Waals surface area contributed by atoms with Crippen molar-refractivity contribution < 1.29 is 9.59 Å². The zero-order valence-electron chi connectivity index (χ0n) is 19.7. The third-order valence-electron chi connectivity index (χ3n) is 11.2. The van der Waals surface area contributed by atoms with Crippen molar-refractivity contribution in [1.82, 2.24) is 10.2 Å². The van der Waals surface area contributed by atoms with E-state index in [9.17, 15) is 9.59 Å². The number of rotatable bonds is 4. The van der Waals surface area contributed by atoms with Crippen LogP contribution in [0.4, 0.5) is 0 Å². The van der Waals surface area contributed by atoms with E-state index in [1.807, 2.05) is 0 Å². The molecule has 6 aliphatic rings. The normalized spacial score (nSPS) is 46.9. The molecular weight excluding hydrogens is 410 g/mol. The number of carbonyl (C=O) groups is 2. The van der Waals surface area contributed by atoms with Gasteiger partial charge in [0.15, 0.2) is 0 Å². The van der Waals surface area contributed by atoms with Crippen LogP contribution in [0, 0.1) is 22.2 Å². The molecule has 0 aromatic heterocycles. The lowest BCUT2D eigenvalue weighted by Crippen LogP contribution is -2.85. The van der Waals surface area contributed by atoms with Crippen molar-refractivity contribution in [1.29, 1.82) is 0 Å². The van der Waals surface area contributed by atoms with Crippen LogP contribution in [0.5, 0.6) is 0 Å². The molecule has 5 atom stereocenters. The summed E-state index contributed by atoms with van der Waals surface area (Å²) in [7, 11) is 0. The van der Waals surface area contributed by atoms with Crippen molar-refractivity contribution in [3.8, 4) is 0 Å². The highest BCUT2D eigenvalue weighted by Gasteiger charge is 2.96. The summed E-state index contributed by atoms with van der Waals surface area (Å²) < 4.78 is 0. The standard InChI is InChI=1S/C28H37N3O2/c29-21-8-10-22(11-9-21)30-23(32)25-14-19-15-26(24(33)31-12-4-5-13-31)18-27(17-25,28(25,26)16-19)20-6-2-1-3-7-20/h1-3,6-7,19,21-22H,4-5,8-18,29H2,(H,30,32). The summed E-state index contributed by atoms with van der Waals surface area (Å²) in [5.74, 6) is 1.15. The monoisotopic (exact) mass is 447 g/mol. The maximum absolute atomic E-state index is 14.1. The number of nitrogens with one attached hydrogen (secondary N) is 1. The Kier molecular flexibility index (Phi) is 4.11. The molecule has 176 valence electrons. The van der Waals surface area contributed by atoms with Crippen LogP contribution in [0.25, 0.3) is 0 Å². The molecule has 5 nitrogen and oxygen atoms in total. The predicted octanol–water partition coefficient (Wildman–Crippen LogP) is 3.51. The van der Waals surface area contributed by atoms with Crippen molar-refractivity contribution in [3.05, 3.63) is 35.9 Å². The summed E-state index contributed by atoms with van der Waals surface area (Å²) in [6.45, 7) is 1.81. The Hall–Kier alpha value is -1.88. The van der Waals surface area contributed by atoms with Crippen LogP contribution in [0.1, 0.15) is 76.2 Å². The lowest BCUT2D eigenvalue weighted by molar-refractivity contribution is -0.300. The highest BCUT2D eigenvalue weighted by molar-refractivity contribution is 5.95. The van der Waals surface area contributed by atoms with E-state index in [4.69, 9.17) is 5.73 Å². The zero-order valence-corrected chi connectivity index (χ0v) is 19.7. The van der Waals surface area contributed by atoms with Crippen LogP contribution in [0.15, 0.2) is 30.3 Å². The SMILES string of the molecule is NC1CCC(NC(=O)C23CC4CC5(C(=O)N6CCCC6)CC(c6ccccc6)(C2)C35C4)CC1. The second-order valence-corrected chi connectivity index (χ2v) is 12.4. The van der Waals surface area contributed by atoms with Crippen molar-refractivity contribution in [2.75, 3.05) is 13.1 Å². The van der Waals surface area contributed by atoms with Gasteiger partial charge in [-0.2, -0.15) is 0 Å². The summed E-state index contributed by atoms with van der Waals surface area (Å²) in [4.78, 5) is 30.4. The van der Waals surface area contributed by atoms with Gasteiger partial charge in [0.1, 0.15) is 0 Å². The largest absolute Gasteiger partial charge is 0.353 e. The number of amides is 2. The van der Waals surface area contributed by atoms with E-state index in [-0.39, 0.29) is 39.7 Å². The number of fused-ring (bicyclic) bond motifs is 1. The van der Waals surface area contributed by atoms with E-state index in [1.165, 1.54) is 5.56 Å². The minimum Gasteiger partial charge on any atom is -0.353 e. The van der Waals surface area contributed by atoms with Crippen molar-refractivity contribution in [2.24, 2.45) is 27.9 Å². The second-order valence-electron chi connectivity index (χ2n) is 12.4. The first kappa shape index (κ1) is 20.5. The molecule has 1 aliphatic heterocycles. The van der Waals surface area contributed by atoms with Crippen molar-refractivity contribution in [3.63, 3.8) is 0 Å². The van der Waals surface area contributed by atoms with E-state index in [0.29, 0.717) is 11.8 Å². The first-order valence-corrected chi connectivity index (χ1v) is 13.4. The Bertz CT molecular complexity index is 998. The molecule has 1 spiro atoms. The summed E-state index contributed by atoms with van der Waals surface area (Å²) >= 11 is 0. The first-order chi connectivity index (χ1) is 16.0. The molecule has 1 aromatic carbocycles. The van der Waals surface area contributed by atoms with Crippen LogP contribution in [-0.2, 0) is 15.0 Å². The predicted molar refractivity (Wildman–Crippen MR) is 126 cm³/mol. The summed E-state index contributed by atoms with van der Waals surface area (Å²) in [5.41, 5.74) is 6.62. The zero-order chi connectivity index (χ0) is 22.5. The van der Waals surface area contributed by atoms with Crippen LogP contribution in [0.3, 0.4) is 0 Å². The summed E-state index contributed by atoms with van der Waals surface area (Å²) in [5, 5.41) is 3.50. The van der Waals surface area contributed by atoms with Gasteiger partial charge in [-0.15, -0.1) is 0 Å². The molecule has 5 unspecified atom stereocenters. The fourth-order valence-electron chi connectivity index (χ4n) is 10.3. The molecular formula is C28H37N3O2. The van der Waals surface area contributed by atoms with E-state index in [1.54, 1.807) is 0 Å². The van der Waals surface area contributed by atoms with Gasteiger partial charge in [0.2, 0.25) is 11.8 Å². The van der Waals surface area contributed by atoms with Gasteiger partial charge in [-0.1, -0.05) is 30.3 Å². The number of hydrogen-bond donors (Lipinski definition) is 2. The van der Waals surface area contributed by atoms with E-state index >= 15 is 0 Å². The summed E-state index contributed by atoms with van der Waals surface area (Å²) in [6.07, 6.45) is 11.1. The quantitative estimate of drug-likeness (QED) is 0.742. The number of nitrogens with zero attached hydrogens (tertiary/aromatic N) is 1. The molecule has 2 bridgehead atoms. The molecule has 5 saturated carbocycles. The fraction of sp³-hybridized carbons (Fsp3) is 0.714. The third kappa shape index (κ3) is 2.24. The van der Waals surface area contributed by atoms with Crippen LogP contribution in [0.2, 0.25) is 0 Å². The Morgan fingerprint density at radius 1 is 0.909 bits per heavy atom. The van der Waals surface area contributed by atoms with Gasteiger partial charge < -0.3 is 16.0 Å². The molecule has 1 aromatic rings. The van der Waals surface area contributed by atoms with Gasteiger partial charge >= 0.3 is 0 Å². The summed E-state index contributed by atoms with van der Waals surface area (Å²) in [6, 6.07) is 11.4. The highest BCUT2D eigenvalue weighted by atomic mass is 16.2. The Labute approximate surface area is 196 Å². The maximum Gasteiger partial charge on any atom is 0.229 e. The number of carbonyl (C=O) groups excluding carboxylic acids is 2. The molecule has 1 saturated heterocycles. The smallest absolute Gasteiger partial charge is 0.229 e. The number of benzene rings is 1. The first-order valence-electron chi connectivity index (χ1n) is 13.4. The number of nitrogens with two attached hydrogens (primary N) is 1. The van der Waals surface area contributed by atoms with Crippen LogP contribution < -0.4 is 11.1 Å². The average Bonchev–Trinajstić information content (AvgIpc) is 3.52. The maximum atomic E-state index is 14.1. The third-order valence-corrected chi connectivity index (χ3v) is 11.2. The Balaban J connectivity index is 1.27. The van der Waals surface area contributed by atoms with Gasteiger partial charge in [-0.25, -0.2) is 0 Å². The number of hydrogen-bond acceptors (Lipinski definition) is 3. The molecule has 1 heterocycles. The van der Waals surface area contributed by atoms with Crippen LogP contribution >= 0.6 is 0 Å². The Morgan fingerprint density at radius 3 is 2.30 bits per heavy atom. The van der Waals surface area contributed by atoms with Gasteiger partial charge in [-0.3, -0.25) is 9.59 Å². The Morgan fingerprint density at radius 2 is 1.58 bits per heavy atom. The van der Waals surface area contributed by atoms with E-state index in [0.717, 1.165) is 83.7 Å². The average molecular weight is 448 g/mol. The minimum absolute atomic E-state index is 0.00114. The van der Waals surface area contributed by atoms with Gasteiger partial charge in [0.05, 0.1) is 10.8 Å². The molecule has 2 amide bonds. The molecule has 7 rings (SSSR count). The van der Waals surface area contributed by atoms with E-state index in [2.05, 4.69) is 40.5 Å². The fourth-order valence-corrected chi connectivity index (χ4v) is 10.3. The molecule has 5 aliphatic carbocycles. The molecule has 0 radical (unpaired) electrons. The molecule has 6 fully saturated rings. The second kappa shape index (κ2) is 6.62. The van der Waals surface area contributed by atoms with Crippen molar-refractivity contribution in [2.45, 2.75) is 88.1 Å². The van der Waals surface area contributed by atoms with E-state index < -0.39 is 0 Å². The minimum atomic E-state index is -0.362. The molecule has 33 heavy (non-hydrogen) atoms. The molecule has 3 N–H and O–H groups in total. The highest BCUT2D eigenvalue weighted by Crippen LogP contribution is 2.96. The number of likely N-dealkylation sites (tertiary alicyclic amines) is 1. The lowest BCUT2D eigenvalue weighted by Gasteiger charge is -2.83. The van der Waals surface area contributed by atoms with Crippen LogP contribution in [-0.4, -0.2) is 41.9 Å². The van der Waals surface area contributed by atoms with Gasteiger partial charge in [0.25, 0.3) is 0 Å². The lowest BCUT2D eigenvalue weighted by atomic mass is 9.19. The van der Waals surface area contributed by atoms with Gasteiger partial charge in [-0.05, 0) is 82.1 Å². The topological polar surface area (TPSA) is 75.4 Å².